The number of para-hydroxylation sites is 1. The molecule has 0 atom stereocenters. The molecule has 0 bridgehead atoms. The highest BCUT2D eigenvalue weighted by molar-refractivity contribution is 6.15. The molecule has 0 saturated carbocycles. The topological polar surface area (TPSA) is 79.2 Å². The first-order valence-corrected chi connectivity index (χ1v) is 10.5. The smallest absolute Gasteiger partial charge is 0.188 e. The molecule has 0 radical (unpaired) electrons. The summed E-state index contributed by atoms with van der Waals surface area (Å²) < 4.78 is 10.2. The molecule has 3 aromatic carbocycles. The van der Waals surface area contributed by atoms with Crippen LogP contribution in [0.5, 0.6) is 23.0 Å². The van der Waals surface area contributed by atoms with E-state index in [1.54, 1.807) is 48.6 Å². The van der Waals surface area contributed by atoms with Crippen molar-refractivity contribution in [3.63, 3.8) is 0 Å². The fraction of sp³-hybridized carbons (Fsp3) is 0.148. The van der Waals surface area contributed by atoms with E-state index in [1.807, 2.05) is 30.3 Å². The standard InChI is InChI=1S/C27H25NO5/c1-32-25-10-8-18(14-23(25)29)12-20-16-28(22-6-4-3-5-7-22)17-21(27(20)31)13-19-9-11-26(33-2)24(30)15-19/h3-15,29-30H,16-17H2,1-2H3. The van der Waals surface area contributed by atoms with Crippen molar-refractivity contribution in [2.45, 2.75) is 0 Å². The summed E-state index contributed by atoms with van der Waals surface area (Å²) in [4.78, 5) is 15.5. The zero-order valence-electron chi connectivity index (χ0n) is 18.5. The van der Waals surface area contributed by atoms with Crippen LogP contribution in [0.2, 0.25) is 0 Å². The third-order valence-corrected chi connectivity index (χ3v) is 5.51. The van der Waals surface area contributed by atoms with Gasteiger partial charge < -0.3 is 24.6 Å². The summed E-state index contributed by atoms with van der Waals surface area (Å²) in [6.07, 6.45) is 3.58. The third kappa shape index (κ3) is 4.85. The van der Waals surface area contributed by atoms with Crippen molar-refractivity contribution >= 4 is 23.6 Å². The first-order valence-electron chi connectivity index (χ1n) is 10.5. The Morgan fingerprint density at radius 3 is 1.67 bits per heavy atom. The molecule has 6 heteroatoms. The number of phenols is 2. The minimum atomic E-state index is -0.0761. The quantitative estimate of drug-likeness (QED) is 0.558. The lowest BCUT2D eigenvalue weighted by Crippen LogP contribution is -2.37. The molecule has 2 N–H and O–H groups in total. The highest BCUT2D eigenvalue weighted by atomic mass is 16.5. The predicted molar refractivity (Wildman–Crippen MR) is 129 cm³/mol. The molecule has 1 aliphatic heterocycles. The van der Waals surface area contributed by atoms with Crippen molar-refractivity contribution < 1.29 is 24.5 Å². The largest absolute Gasteiger partial charge is 0.504 e. The minimum Gasteiger partial charge on any atom is -0.504 e. The summed E-state index contributed by atoms with van der Waals surface area (Å²) in [6, 6.07) is 20.0. The molecule has 1 fully saturated rings. The van der Waals surface area contributed by atoms with E-state index in [0.717, 1.165) is 5.69 Å². The summed E-state index contributed by atoms with van der Waals surface area (Å²) in [5, 5.41) is 20.3. The van der Waals surface area contributed by atoms with Gasteiger partial charge in [0.15, 0.2) is 28.8 Å². The number of aromatic hydroxyl groups is 2. The Balaban J connectivity index is 1.74. The van der Waals surface area contributed by atoms with E-state index in [9.17, 15) is 15.0 Å². The van der Waals surface area contributed by atoms with Crippen LogP contribution >= 0.6 is 0 Å². The number of phenolic OH excluding ortho intramolecular Hbond substituents is 2. The number of anilines is 1. The number of rotatable bonds is 5. The van der Waals surface area contributed by atoms with E-state index in [2.05, 4.69) is 4.90 Å². The number of piperidine rings is 1. The maximum absolute atomic E-state index is 13.4. The van der Waals surface area contributed by atoms with Crippen LogP contribution in [0.15, 0.2) is 77.9 Å². The average molecular weight is 443 g/mol. The van der Waals surface area contributed by atoms with E-state index in [0.29, 0.717) is 46.9 Å². The normalized spacial score (nSPS) is 16.3. The summed E-state index contributed by atoms with van der Waals surface area (Å²) in [5.74, 6) is 0.697. The number of nitrogens with zero attached hydrogens (tertiary/aromatic N) is 1. The zero-order chi connectivity index (χ0) is 23.4. The Kier molecular flexibility index (Phi) is 6.36. The molecule has 168 valence electrons. The number of carbonyl (C=O) groups is 1. The summed E-state index contributed by atoms with van der Waals surface area (Å²) in [6.45, 7) is 0.863. The highest BCUT2D eigenvalue weighted by Gasteiger charge is 2.26. The van der Waals surface area contributed by atoms with Crippen molar-refractivity contribution in [3.8, 4) is 23.0 Å². The molecule has 0 spiro atoms. The molecule has 3 aromatic rings. The van der Waals surface area contributed by atoms with Crippen molar-refractivity contribution in [3.05, 3.63) is 89.0 Å². The maximum atomic E-state index is 13.4. The maximum Gasteiger partial charge on any atom is 0.188 e. The van der Waals surface area contributed by atoms with Gasteiger partial charge in [0.25, 0.3) is 0 Å². The molecule has 0 aromatic heterocycles. The van der Waals surface area contributed by atoms with Gasteiger partial charge in [0, 0.05) is 29.9 Å². The Morgan fingerprint density at radius 1 is 0.758 bits per heavy atom. The summed E-state index contributed by atoms with van der Waals surface area (Å²) >= 11 is 0. The number of carbonyl (C=O) groups excluding carboxylic acids is 1. The molecule has 1 saturated heterocycles. The monoisotopic (exact) mass is 443 g/mol. The van der Waals surface area contributed by atoms with E-state index in [1.165, 1.54) is 14.2 Å². The Morgan fingerprint density at radius 2 is 1.24 bits per heavy atom. The van der Waals surface area contributed by atoms with E-state index in [-0.39, 0.29) is 17.3 Å². The van der Waals surface area contributed by atoms with Gasteiger partial charge >= 0.3 is 0 Å². The van der Waals surface area contributed by atoms with Crippen LogP contribution in [-0.2, 0) is 4.79 Å². The van der Waals surface area contributed by atoms with Crippen molar-refractivity contribution in [2.75, 3.05) is 32.2 Å². The number of hydrogen-bond donors (Lipinski definition) is 2. The molecule has 4 rings (SSSR count). The van der Waals surface area contributed by atoms with Crippen LogP contribution in [0.25, 0.3) is 12.2 Å². The van der Waals surface area contributed by atoms with Gasteiger partial charge in [-0.05, 0) is 59.7 Å². The molecular weight excluding hydrogens is 418 g/mol. The molecule has 33 heavy (non-hydrogen) atoms. The highest BCUT2D eigenvalue weighted by Crippen LogP contribution is 2.31. The molecule has 0 unspecified atom stereocenters. The fourth-order valence-electron chi connectivity index (χ4n) is 3.86. The molecule has 6 nitrogen and oxygen atoms in total. The first-order chi connectivity index (χ1) is 16.0. The van der Waals surface area contributed by atoms with Crippen molar-refractivity contribution in [2.24, 2.45) is 0 Å². The lowest BCUT2D eigenvalue weighted by Gasteiger charge is -2.31. The number of ether oxygens (including phenoxy) is 2. The zero-order valence-corrected chi connectivity index (χ0v) is 18.5. The number of hydrogen-bond acceptors (Lipinski definition) is 6. The molecule has 1 heterocycles. The first kappa shape index (κ1) is 22.0. The number of benzene rings is 3. The molecule has 1 aliphatic rings. The van der Waals surface area contributed by atoms with Gasteiger partial charge in [0.05, 0.1) is 14.2 Å². The number of methoxy groups -OCH3 is 2. The van der Waals surface area contributed by atoms with Crippen molar-refractivity contribution in [1.29, 1.82) is 0 Å². The van der Waals surface area contributed by atoms with Gasteiger partial charge in [-0.25, -0.2) is 0 Å². The van der Waals surface area contributed by atoms with Crippen LogP contribution < -0.4 is 14.4 Å². The Labute approximate surface area is 192 Å². The second-order valence-electron chi connectivity index (χ2n) is 7.72. The van der Waals surface area contributed by atoms with E-state index in [4.69, 9.17) is 9.47 Å². The van der Waals surface area contributed by atoms with E-state index >= 15 is 0 Å². The predicted octanol–water partition coefficient (Wildman–Crippen LogP) is 4.67. The second-order valence-corrected chi connectivity index (χ2v) is 7.72. The molecule has 0 aliphatic carbocycles. The van der Waals surface area contributed by atoms with Crippen LogP contribution in [0.3, 0.4) is 0 Å². The SMILES string of the molecule is COc1ccc(C=C2CN(c3ccccc3)CC(=Cc3ccc(OC)c(O)c3)C2=O)cc1O. The van der Waals surface area contributed by atoms with E-state index < -0.39 is 0 Å². The number of Topliss-reactive ketones (excluding diaryl/α,β-unsaturated/α-hetero) is 1. The van der Waals surface area contributed by atoms with Gasteiger partial charge in [-0.3, -0.25) is 4.79 Å². The van der Waals surface area contributed by atoms with Gasteiger partial charge in [0.1, 0.15) is 0 Å². The van der Waals surface area contributed by atoms with Crippen LogP contribution in [0, 0.1) is 0 Å². The van der Waals surface area contributed by atoms with Gasteiger partial charge in [-0.1, -0.05) is 30.3 Å². The van der Waals surface area contributed by atoms with Gasteiger partial charge in [-0.15, -0.1) is 0 Å². The third-order valence-electron chi connectivity index (χ3n) is 5.51. The number of ketones is 1. The summed E-state index contributed by atoms with van der Waals surface area (Å²) in [7, 11) is 2.98. The fourth-order valence-corrected chi connectivity index (χ4v) is 3.86. The average Bonchev–Trinajstić information content (AvgIpc) is 2.82. The van der Waals surface area contributed by atoms with Gasteiger partial charge in [0.2, 0.25) is 0 Å². The van der Waals surface area contributed by atoms with Crippen LogP contribution in [0.1, 0.15) is 11.1 Å². The summed E-state index contributed by atoms with van der Waals surface area (Å²) in [5.41, 5.74) is 3.59. The van der Waals surface area contributed by atoms with Crippen molar-refractivity contribution in [1.82, 2.24) is 0 Å². The van der Waals surface area contributed by atoms with Crippen LogP contribution in [0.4, 0.5) is 5.69 Å². The van der Waals surface area contributed by atoms with Gasteiger partial charge in [-0.2, -0.15) is 0 Å². The second kappa shape index (κ2) is 9.53. The molecule has 0 amide bonds. The minimum absolute atomic E-state index is 0.0134. The Bertz CT molecular complexity index is 1160. The van der Waals surface area contributed by atoms with Crippen LogP contribution in [-0.4, -0.2) is 43.3 Å². The lowest BCUT2D eigenvalue weighted by molar-refractivity contribution is -0.112. The molecular formula is C27H25NO5. The Hall–Kier alpha value is -4.19. The lowest BCUT2D eigenvalue weighted by atomic mass is 9.93.